The van der Waals surface area contributed by atoms with Gasteiger partial charge in [0.2, 0.25) is 0 Å². The average molecular weight is 275 g/mol. The Morgan fingerprint density at radius 3 is 2.53 bits per heavy atom. The lowest BCUT2D eigenvalue weighted by atomic mass is 10.1. The van der Waals surface area contributed by atoms with Gasteiger partial charge in [-0.25, -0.2) is 0 Å². The van der Waals surface area contributed by atoms with Gasteiger partial charge in [-0.05, 0) is 17.7 Å². The molecule has 3 nitrogen and oxygen atoms in total. The maximum atomic E-state index is 9.55. The highest BCUT2D eigenvalue weighted by atomic mass is 35.5. The first kappa shape index (κ1) is 13.1. The minimum absolute atomic E-state index is 0.00636. The largest absolute Gasteiger partial charge is 0.394 e. The summed E-state index contributed by atoms with van der Waals surface area (Å²) in [6.45, 7) is 3.88. The molecule has 1 saturated heterocycles. The molecule has 0 unspecified atom stereocenters. The lowest BCUT2D eigenvalue weighted by molar-refractivity contribution is 0.111. The Morgan fingerprint density at radius 2 is 1.94 bits per heavy atom. The van der Waals surface area contributed by atoms with Crippen LogP contribution in [0, 0.1) is 0 Å². The first-order valence-corrected chi connectivity index (χ1v) is 6.48. The summed E-state index contributed by atoms with van der Waals surface area (Å²) in [6, 6.07) is 5.56. The molecular formula is C12H16Cl2N2O. The fraction of sp³-hybridized carbons (Fsp3) is 0.500. The zero-order valence-electron chi connectivity index (χ0n) is 9.50. The van der Waals surface area contributed by atoms with Crippen LogP contribution in [-0.2, 0) is 0 Å². The van der Waals surface area contributed by atoms with Crippen molar-refractivity contribution < 1.29 is 5.11 Å². The first-order chi connectivity index (χ1) is 8.22. The molecule has 5 heteroatoms. The molecule has 94 valence electrons. The summed E-state index contributed by atoms with van der Waals surface area (Å²) >= 11 is 11.9. The van der Waals surface area contributed by atoms with Crippen LogP contribution in [0.4, 0.5) is 0 Å². The summed E-state index contributed by atoms with van der Waals surface area (Å²) in [7, 11) is 0. The molecule has 0 radical (unpaired) electrons. The second-order valence-corrected chi connectivity index (χ2v) is 4.97. The number of aliphatic hydroxyl groups is 1. The normalized spacial score (nSPS) is 19.2. The number of benzene rings is 1. The number of rotatable bonds is 3. The number of hydrogen-bond donors (Lipinski definition) is 2. The Kier molecular flexibility index (Phi) is 4.65. The topological polar surface area (TPSA) is 35.5 Å². The molecule has 2 N–H and O–H groups in total. The number of hydrogen-bond acceptors (Lipinski definition) is 3. The number of nitrogens with zero attached hydrogens (tertiary/aromatic N) is 1. The molecule has 1 aliphatic heterocycles. The van der Waals surface area contributed by atoms with Crippen molar-refractivity contribution in [1.82, 2.24) is 10.2 Å². The highest BCUT2D eigenvalue weighted by Gasteiger charge is 2.21. The van der Waals surface area contributed by atoms with Crippen LogP contribution in [0.15, 0.2) is 18.2 Å². The maximum absolute atomic E-state index is 9.55. The highest BCUT2D eigenvalue weighted by Crippen LogP contribution is 2.28. The Hall–Kier alpha value is -0.320. The van der Waals surface area contributed by atoms with Crippen molar-refractivity contribution in [3.05, 3.63) is 33.8 Å². The molecule has 1 atom stereocenters. The van der Waals surface area contributed by atoms with Crippen molar-refractivity contribution in [3.63, 3.8) is 0 Å². The van der Waals surface area contributed by atoms with E-state index in [0.29, 0.717) is 10.0 Å². The van der Waals surface area contributed by atoms with E-state index >= 15 is 0 Å². The summed E-state index contributed by atoms with van der Waals surface area (Å²) in [4.78, 5) is 2.26. The van der Waals surface area contributed by atoms with Gasteiger partial charge in [0.25, 0.3) is 0 Å². The Balaban J connectivity index is 2.18. The minimum Gasteiger partial charge on any atom is -0.394 e. The van der Waals surface area contributed by atoms with Gasteiger partial charge in [-0.15, -0.1) is 0 Å². The fourth-order valence-electron chi connectivity index (χ4n) is 2.15. The highest BCUT2D eigenvalue weighted by molar-refractivity contribution is 6.42. The lowest BCUT2D eigenvalue weighted by Crippen LogP contribution is -2.46. The third-order valence-electron chi connectivity index (χ3n) is 3.09. The molecule has 1 heterocycles. The van der Waals surface area contributed by atoms with Gasteiger partial charge < -0.3 is 10.4 Å². The zero-order valence-corrected chi connectivity index (χ0v) is 11.0. The third kappa shape index (κ3) is 3.12. The van der Waals surface area contributed by atoms with Gasteiger partial charge in [-0.2, -0.15) is 0 Å². The molecule has 0 bridgehead atoms. The van der Waals surface area contributed by atoms with Crippen molar-refractivity contribution in [1.29, 1.82) is 0 Å². The van der Waals surface area contributed by atoms with Crippen LogP contribution in [0.5, 0.6) is 0 Å². The predicted molar refractivity (Wildman–Crippen MR) is 70.7 cm³/mol. The third-order valence-corrected chi connectivity index (χ3v) is 3.83. The summed E-state index contributed by atoms with van der Waals surface area (Å²) in [5.41, 5.74) is 1.02. The van der Waals surface area contributed by atoms with Gasteiger partial charge in [-0.3, -0.25) is 4.90 Å². The monoisotopic (exact) mass is 274 g/mol. The number of piperazine rings is 1. The lowest BCUT2D eigenvalue weighted by Gasteiger charge is -2.34. The second kappa shape index (κ2) is 6.03. The summed E-state index contributed by atoms with van der Waals surface area (Å²) in [5.74, 6) is 0. The van der Waals surface area contributed by atoms with Crippen LogP contribution in [0.25, 0.3) is 0 Å². The van der Waals surface area contributed by atoms with Gasteiger partial charge >= 0.3 is 0 Å². The molecule has 0 spiro atoms. The molecule has 0 amide bonds. The summed E-state index contributed by atoms with van der Waals surface area (Å²) in [5, 5.41) is 13.9. The van der Waals surface area contributed by atoms with Crippen LogP contribution >= 0.6 is 23.2 Å². The number of aliphatic hydroxyl groups excluding tert-OH is 1. The summed E-state index contributed by atoms with van der Waals surface area (Å²) < 4.78 is 0. The molecular weight excluding hydrogens is 259 g/mol. The van der Waals surface area contributed by atoms with E-state index in [0.717, 1.165) is 31.7 Å². The van der Waals surface area contributed by atoms with Gasteiger partial charge in [0.15, 0.2) is 0 Å². The van der Waals surface area contributed by atoms with Crippen LogP contribution in [0.2, 0.25) is 10.0 Å². The van der Waals surface area contributed by atoms with E-state index < -0.39 is 0 Å². The molecule has 2 rings (SSSR count). The van der Waals surface area contributed by atoms with E-state index in [9.17, 15) is 5.11 Å². The van der Waals surface area contributed by atoms with E-state index in [4.69, 9.17) is 23.2 Å². The quantitative estimate of drug-likeness (QED) is 0.884. The number of halogens is 2. The molecule has 1 aliphatic rings. The fourth-order valence-corrected chi connectivity index (χ4v) is 2.45. The Labute approximate surface area is 111 Å². The van der Waals surface area contributed by atoms with Crippen molar-refractivity contribution >= 4 is 23.2 Å². The molecule has 0 aliphatic carbocycles. The van der Waals surface area contributed by atoms with Crippen molar-refractivity contribution in [2.75, 3.05) is 32.8 Å². The zero-order chi connectivity index (χ0) is 12.3. The summed E-state index contributed by atoms with van der Waals surface area (Å²) in [6.07, 6.45) is 0. The van der Waals surface area contributed by atoms with Gasteiger partial charge in [0, 0.05) is 26.2 Å². The first-order valence-electron chi connectivity index (χ1n) is 5.73. The Morgan fingerprint density at radius 1 is 1.24 bits per heavy atom. The van der Waals surface area contributed by atoms with E-state index in [2.05, 4.69) is 10.2 Å². The van der Waals surface area contributed by atoms with E-state index in [-0.39, 0.29) is 12.6 Å². The van der Waals surface area contributed by atoms with Crippen molar-refractivity contribution in [2.24, 2.45) is 0 Å². The van der Waals surface area contributed by atoms with Crippen LogP contribution < -0.4 is 5.32 Å². The van der Waals surface area contributed by atoms with E-state index in [1.165, 1.54) is 0 Å². The van der Waals surface area contributed by atoms with E-state index in [1.54, 1.807) is 6.07 Å². The van der Waals surface area contributed by atoms with Crippen molar-refractivity contribution in [3.8, 4) is 0 Å². The molecule has 0 saturated carbocycles. The minimum atomic E-state index is 0.00636. The maximum Gasteiger partial charge on any atom is 0.0628 e. The van der Waals surface area contributed by atoms with Crippen LogP contribution in [0.1, 0.15) is 11.6 Å². The molecule has 0 aromatic heterocycles. The second-order valence-electron chi connectivity index (χ2n) is 4.16. The smallest absolute Gasteiger partial charge is 0.0628 e. The molecule has 17 heavy (non-hydrogen) atoms. The molecule has 1 aromatic rings. The standard InChI is InChI=1S/C12H16Cl2N2O/c13-10-2-1-9(7-11(10)14)12(8-17)16-5-3-15-4-6-16/h1-2,7,12,15,17H,3-6,8H2/t12-/m1/s1. The molecule has 1 fully saturated rings. The van der Waals surface area contributed by atoms with Crippen molar-refractivity contribution in [2.45, 2.75) is 6.04 Å². The number of nitrogens with one attached hydrogen (secondary N) is 1. The Bertz CT molecular complexity index is 381. The van der Waals surface area contributed by atoms with Crippen LogP contribution in [-0.4, -0.2) is 42.8 Å². The van der Waals surface area contributed by atoms with Crippen LogP contribution in [0.3, 0.4) is 0 Å². The van der Waals surface area contributed by atoms with Gasteiger partial charge in [0.05, 0.1) is 22.7 Å². The SMILES string of the molecule is OC[C@H](c1ccc(Cl)c(Cl)c1)N1CCNCC1. The predicted octanol–water partition coefficient (Wildman–Crippen LogP) is 1.93. The van der Waals surface area contributed by atoms with Gasteiger partial charge in [0.1, 0.15) is 0 Å². The van der Waals surface area contributed by atoms with E-state index in [1.807, 2.05) is 12.1 Å². The molecule has 1 aromatic carbocycles. The van der Waals surface area contributed by atoms with Gasteiger partial charge in [-0.1, -0.05) is 29.3 Å². The average Bonchev–Trinajstić information content (AvgIpc) is 2.36.